The maximum atomic E-state index is 13.9. The van der Waals surface area contributed by atoms with Crippen LogP contribution in [0.2, 0.25) is 0 Å². The van der Waals surface area contributed by atoms with Crippen molar-refractivity contribution in [2.24, 2.45) is 0 Å². The molecule has 0 unspecified atom stereocenters. The molecule has 3 aromatic heterocycles. The number of piperazine rings is 1. The largest absolute Gasteiger partial charge is 0.353 e. The Labute approximate surface area is 171 Å². The van der Waals surface area contributed by atoms with E-state index in [0.29, 0.717) is 42.7 Å². The van der Waals surface area contributed by atoms with Gasteiger partial charge in [-0.2, -0.15) is 0 Å². The summed E-state index contributed by atoms with van der Waals surface area (Å²) in [4.78, 5) is 34.2. The molecular weight excluding hydrogens is 385 g/mol. The number of nitrogens with zero attached hydrogens (tertiary/aromatic N) is 5. The number of fused-ring (bicyclic) bond motifs is 3. The molecular formula is C22H20FN5O2. The summed E-state index contributed by atoms with van der Waals surface area (Å²) in [7, 11) is 0. The second kappa shape index (κ2) is 7.29. The number of carbonyl (C=O) groups is 1. The van der Waals surface area contributed by atoms with E-state index < -0.39 is 5.82 Å². The molecule has 7 nitrogen and oxygen atoms in total. The Morgan fingerprint density at radius 3 is 2.57 bits per heavy atom. The number of amides is 1. The fraction of sp³-hybridized carbons (Fsp3) is 0.227. The highest BCUT2D eigenvalue weighted by molar-refractivity contribution is 5.83. The standard InChI is InChI=1S/C22H20FN5O2/c23-16-6-7-17-19(14-16)28(22(30)18-4-3-9-27(17)18)15-21(29)26-12-10-25(11-13-26)20-5-1-2-8-24-20/h1-9,14H,10-13,15H2. The third-order valence-electron chi connectivity index (χ3n) is 5.60. The molecule has 0 bridgehead atoms. The molecule has 5 rings (SSSR count). The molecule has 1 fully saturated rings. The normalized spacial score (nSPS) is 14.6. The predicted octanol–water partition coefficient (Wildman–Crippen LogP) is 2.14. The Morgan fingerprint density at radius 2 is 1.80 bits per heavy atom. The van der Waals surface area contributed by atoms with Crippen LogP contribution in [0.5, 0.6) is 0 Å². The van der Waals surface area contributed by atoms with Gasteiger partial charge >= 0.3 is 0 Å². The van der Waals surface area contributed by atoms with Crippen LogP contribution in [-0.4, -0.2) is 50.9 Å². The Balaban J connectivity index is 1.42. The third-order valence-corrected chi connectivity index (χ3v) is 5.60. The minimum atomic E-state index is -0.446. The maximum Gasteiger partial charge on any atom is 0.275 e. The van der Waals surface area contributed by atoms with Gasteiger partial charge in [-0.3, -0.25) is 14.2 Å². The van der Waals surface area contributed by atoms with Crippen LogP contribution in [0.3, 0.4) is 0 Å². The molecule has 1 aromatic carbocycles. The Morgan fingerprint density at radius 1 is 0.967 bits per heavy atom. The summed E-state index contributed by atoms with van der Waals surface area (Å²) in [6.45, 7) is 2.31. The average Bonchev–Trinajstić information content (AvgIpc) is 3.27. The van der Waals surface area contributed by atoms with Gasteiger partial charge in [-0.25, -0.2) is 9.37 Å². The lowest BCUT2D eigenvalue weighted by molar-refractivity contribution is -0.132. The monoisotopic (exact) mass is 405 g/mol. The van der Waals surface area contributed by atoms with Gasteiger partial charge in [0.1, 0.15) is 23.7 Å². The van der Waals surface area contributed by atoms with E-state index in [4.69, 9.17) is 0 Å². The zero-order valence-electron chi connectivity index (χ0n) is 16.2. The number of benzene rings is 1. The van der Waals surface area contributed by atoms with Crippen molar-refractivity contribution in [2.75, 3.05) is 31.1 Å². The second-order valence-corrected chi connectivity index (χ2v) is 7.34. The van der Waals surface area contributed by atoms with Crippen LogP contribution in [0.4, 0.5) is 10.2 Å². The number of hydrogen-bond acceptors (Lipinski definition) is 4. The molecule has 0 N–H and O–H groups in total. The van der Waals surface area contributed by atoms with Gasteiger partial charge in [-0.1, -0.05) is 6.07 Å². The Hall–Kier alpha value is -3.68. The molecule has 0 radical (unpaired) electrons. The molecule has 4 heterocycles. The van der Waals surface area contributed by atoms with Crippen LogP contribution in [-0.2, 0) is 11.3 Å². The van der Waals surface area contributed by atoms with Crippen molar-refractivity contribution in [2.45, 2.75) is 6.54 Å². The summed E-state index contributed by atoms with van der Waals surface area (Å²) >= 11 is 0. The number of hydrogen-bond donors (Lipinski definition) is 0. The van der Waals surface area contributed by atoms with Crippen molar-refractivity contribution < 1.29 is 9.18 Å². The highest BCUT2D eigenvalue weighted by Crippen LogP contribution is 2.18. The first-order valence-corrected chi connectivity index (χ1v) is 9.85. The lowest BCUT2D eigenvalue weighted by Crippen LogP contribution is -2.50. The molecule has 0 atom stereocenters. The summed E-state index contributed by atoms with van der Waals surface area (Å²) in [5, 5.41) is 0. The zero-order chi connectivity index (χ0) is 20.7. The van der Waals surface area contributed by atoms with E-state index >= 15 is 0 Å². The van der Waals surface area contributed by atoms with Gasteiger partial charge in [0, 0.05) is 38.6 Å². The van der Waals surface area contributed by atoms with Gasteiger partial charge in [0.05, 0.1) is 11.0 Å². The second-order valence-electron chi connectivity index (χ2n) is 7.34. The molecule has 0 saturated carbocycles. The van der Waals surface area contributed by atoms with Gasteiger partial charge in [0.25, 0.3) is 5.56 Å². The number of halogens is 1. The predicted molar refractivity (Wildman–Crippen MR) is 112 cm³/mol. The van der Waals surface area contributed by atoms with E-state index in [0.717, 1.165) is 5.82 Å². The molecule has 0 spiro atoms. The number of rotatable bonds is 3. The molecule has 1 saturated heterocycles. The van der Waals surface area contributed by atoms with E-state index in [2.05, 4.69) is 9.88 Å². The number of aromatic nitrogens is 3. The van der Waals surface area contributed by atoms with E-state index in [1.807, 2.05) is 18.2 Å². The van der Waals surface area contributed by atoms with E-state index in [-0.39, 0.29) is 18.0 Å². The molecule has 152 valence electrons. The smallest absolute Gasteiger partial charge is 0.275 e. The molecule has 1 aliphatic rings. The van der Waals surface area contributed by atoms with Gasteiger partial charge in [-0.15, -0.1) is 0 Å². The van der Waals surface area contributed by atoms with Crippen molar-refractivity contribution in [3.8, 4) is 0 Å². The van der Waals surface area contributed by atoms with Crippen molar-refractivity contribution in [1.29, 1.82) is 0 Å². The number of anilines is 1. The van der Waals surface area contributed by atoms with E-state index in [9.17, 15) is 14.0 Å². The van der Waals surface area contributed by atoms with Crippen molar-refractivity contribution in [1.82, 2.24) is 18.9 Å². The first-order chi connectivity index (χ1) is 14.6. The lowest BCUT2D eigenvalue weighted by atomic mass is 10.2. The average molecular weight is 405 g/mol. The highest BCUT2D eigenvalue weighted by Gasteiger charge is 2.23. The minimum Gasteiger partial charge on any atom is -0.353 e. The van der Waals surface area contributed by atoms with Crippen molar-refractivity contribution in [3.63, 3.8) is 0 Å². The number of carbonyl (C=O) groups excluding carboxylic acids is 1. The van der Waals surface area contributed by atoms with E-state index in [1.165, 1.54) is 16.7 Å². The molecule has 4 aromatic rings. The fourth-order valence-corrected chi connectivity index (χ4v) is 4.05. The van der Waals surface area contributed by atoms with E-state index in [1.54, 1.807) is 39.9 Å². The maximum absolute atomic E-state index is 13.9. The SMILES string of the molecule is O=C(Cn1c(=O)c2cccn2c2ccc(F)cc21)N1CCN(c2ccccn2)CC1. The summed E-state index contributed by atoms with van der Waals surface area (Å²) < 4.78 is 17.0. The van der Waals surface area contributed by atoms with Crippen LogP contribution < -0.4 is 10.5 Å². The third kappa shape index (κ3) is 3.10. The van der Waals surface area contributed by atoms with Gasteiger partial charge in [-0.05, 0) is 42.5 Å². The summed E-state index contributed by atoms with van der Waals surface area (Å²) in [5.74, 6) is 0.291. The lowest BCUT2D eigenvalue weighted by Gasteiger charge is -2.35. The van der Waals surface area contributed by atoms with Crippen molar-refractivity contribution >= 4 is 28.3 Å². The fourth-order valence-electron chi connectivity index (χ4n) is 4.05. The van der Waals surface area contributed by atoms with Crippen LogP contribution in [0.1, 0.15) is 0 Å². The Kier molecular flexibility index (Phi) is 4.46. The van der Waals surface area contributed by atoms with Crippen LogP contribution >= 0.6 is 0 Å². The van der Waals surface area contributed by atoms with Crippen LogP contribution in [0, 0.1) is 5.82 Å². The van der Waals surface area contributed by atoms with Crippen LogP contribution in [0.15, 0.2) is 65.7 Å². The number of pyridine rings is 1. The quantitative estimate of drug-likeness (QED) is 0.524. The molecule has 1 amide bonds. The first kappa shape index (κ1) is 18.4. The first-order valence-electron chi connectivity index (χ1n) is 9.85. The van der Waals surface area contributed by atoms with Crippen molar-refractivity contribution in [3.05, 3.63) is 77.1 Å². The molecule has 8 heteroatoms. The molecule has 0 aliphatic carbocycles. The van der Waals surface area contributed by atoms with Crippen LogP contribution in [0.25, 0.3) is 16.6 Å². The molecule has 1 aliphatic heterocycles. The Bertz CT molecular complexity index is 1290. The van der Waals surface area contributed by atoms with Gasteiger partial charge in [0.15, 0.2) is 0 Å². The van der Waals surface area contributed by atoms with Gasteiger partial charge < -0.3 is 14.2 Å². The summed E-state index contributed by atoms with van der Waals surface area (Å²) in [5.41, 5.74) is 1.24. The minimum absolute atomic E-state index is 0.121. The topological polar surface area (TPSA) is 62.9 Å². The molecule has 30 heavy (non-hydrogen) atoms. The zero-order valence-corrected chi connectivity index (χ0v) is 16.2. The summed E-state index contributed by atoms with van der Waals surface area (Å²) in [6.07, 6.45) is 3.52. The highest BCUT2D eigenvalue weighted by atomic mass is 19.1. The summed E-state index contributed by atoms with van der Waals surface area (Å²) in [6, 6.07) is 13.5. The van der Waals surface area contributed by atoms with Gasteiger partial charge in [0.2, 0.25) is 5.91 Å².